The second-order valence-electron chi connectivity index (χ2n) is 3.76. The van der Waals surface area contributed by atoms with Gasteiger partial charge in [0.25, 0.3) is 0 Å². The van der Waals surface area contributed by atoms with Crippen molar-refractivity contribution in [1.82, 2.24) is 0 Å². The van der Waals surface area contributed by atoms with Crippen molar-refractivity contribution < 1.29 is 13.2 Å². The first-order valence-corrected chi connectivity index (χ1v) is 7.97. The Hall–Kier alpha value is -0.790. The van der Waals surface area contributed by atoms with E-state index in [0.29, 0.717) is 35.3 Å². The van der Waals surface area contributed by atoms with Crippen LogP contribution in [0.2, 0.25) is 0 Å². The highest BCUT2D eigenvalue weighted by Gasteiger charge is 2.12. The van der Waals surface area contributed by atoms with Crippen molar-refractivity contribution in [3.05, 3.63) is 22.7 Å². The summed E-state index contributed by atoms with van der Waals surface area (Å²) in [5, 5.41) is 0. The van der Waals surface area contributed by atoms with Crippen molar-refractivity contribution in [2.24, 2.45) is 5.73 Å². The molecular formula is C11H17BrN2O3S. The van der Waals surface area contributed by atoms with Crippen LogP contribution in [0.3, 0.4) is 0 Å². The van der Waals surface area contributed by atoms with Crippen LogP contribution in [-0.2, 0) is 10.0 Å². The molecule has 0 aromatic heterocycles. The highest BCUT2D eigenvalue weighted by molar-refractivity contribution is 9.10. The molecule has 1 rings (SSSR count). The van der Waals surface area contributed by atoms with Gasteiger partial charge in [0, 0.05) is 10.5 Å². The van der Waals surface area contributed by atoms with Crippen molar-refractivity contribution in [1.29, 1.82) is 0 Å². The number of hydrogen-bond acceptors (Lipinski definition) is 4. The molecule has 102 valence electrons. The van der Waals surface area contributed by atoms with E-state index in [1.807, 2.05) is 0 Å². The first-order valence-electron chi connectivity index (χ1n) is 5.52. The van der Waals surface area contributed by atoms with Gasteiger partial charge in [-0.15, -0.1) is 0 Å². The molecule has 0 spiro atoms. The third kappa shape index (κ3) is 4.83. The van der Waals surface area contributed by atoms with E-state index in [2.05, 4.69) is 20.7 Å². The quantitative estimate of drug-likeness (QED) is 0.745. The van der Waals surface area contributed by atoms with Crippen molar-refractivity contribution in [3.63, 3.8) is 0 Å². The Morgan fingerprint density at radius 3 is 2.72 bits per heavy atom. The normalized spacial score (nSPS) is 11.3. The van der Waals surface area contributed by atoms with E-state index in [1.54, 1.807) is 18.2 Å². The Kier molecular flexibility index (Phi) is 5.90. The molecule has 0 bridgehead atoms. The number of benzene rings is 1. The lowest BCUT2D eigenvalue weighted by Gasteiger charge is -2.10. The second kappa shape index (κ2) is 6.96. The lowest BCUT2D eigenvalue weighted by molar-refractivity contribution is 0.415. The van der Waals surface area contributed by atoms with Crippen molar-refractivity contribution in [3.8, 4) is 5.75 Å². The smallest absolute Gasteiger partial charge is 0.232 e. The molecule has 0 heterocycles. The molecule has 0 atom stereocenters. The van der Waals surface area contributed by atoms with Gasteiger partial charge in [-0.3, -0.25) is 4.72 Å². The molecule has 1 aromatic rings. The van der Waals surface area contributed by atoms with Crippen molar-refractivity contribution in [2.45, 2.75) is 12.8 Å². The molecular weight excluding hydrogens is 320 g/mol. The minimum Gasteiger partial charge on any atom is -0.497 e. The Bertz CT molecular complexity index is 491. The van der Waals surface area contributed by atoms with Crippen molar-refractivity contribution in [2.75, 3.05) is 24.1 Å². The van der Waals surface area contributed by atoms with E-state index in [-0.39, 0.29) is 5.75 Å². The Morgan fingerprint density at radius 1 is 1.39 bits per heavy atom. The molecule has 0 amide bonds. The third-order valence-corrected chi connectivity index (χ3v) is 4.35. The monoisotopic (exact) mass is 336 g/mol. The number of nitrogens with two attached hydrogens (primary N) is 1. The SMILES string of the molecule is COc1ccc(Br)c(NS(=O)(=O)CCCCN)c1. The summed E-state index contributed by atoms with van der Waals surface area (Å²) in [6, 6.07) is 5.11. The average Bonchev–Trinajstić information content (AvgIpc) is 2.32. The molecule has 0 aliphatic rings. The lowest BCUT2D eigenvalue weighted by Crippen LogP contribution is -2.17. The largest absolute Gasteiger partial charge is 0.497 e. The summed E-state index contributed by atoms with van der Waals surface area (Å²) in [5.74, 6) is 0.659. The standard InChI is InChI=1S/C11H17BrN2O3S/c1-17-9-4-5-10(12)11(8-9)14-18(15,16)7-3-2-6-13/h4-5,8,14H,2-3,6-7,13H2,1H3. The molecule has 3 N–H and O–H groups in total. The number of anilines is 1. The summed E-state index contributed by atoms with van der Waals surface area (Å²) < 4.78 is 31.9. The molecule has 18 heavy (non-hydrogen) atoms. The topological polar surface area (TPSA) is 81.4 Å². The fraction of sp³-hybridized carbons (Fsp3) is 0.455. The van der Waals surface area contributed by atoms with E-state index in [4.69, 9.17) is 10.5 Å². The van der Waals surface area contributed by atoms with Gasteiger partial charge in [0.05, 0.1) is 18.6 Å². The highest BCUT2D eigenvalue weighted by atomic mass is 79.9. The summed E-state index contributed by atoms with van der Waals surface area (Å²) in [6.45, 7) is 0.498. The van der Waals surface area contributed by atoms with Gasteiger partial charge in [-0.05, 0) is 47.4 Å². The fourth-order valence-electron chi connectivity index (χ4n) is 1.36. The number of rotatable bonds is 7. The van der Waals surface area contributed by atoms with E-state index < -0.39 is 10.0 Å². The third-order valence-electron chi connectivity index (χ3n) is 2.31. The molecule has 0 unspecified atom stereocenters. The van der Waals surface area contributed by atoms with E-state index in [9.17, 15) is 8.42 Å². The number of methoxy groups -OCH3 is 1. The summed E-state index contributed by atoms with van der Waals surface area (Å²) in [4.78, 5) is 0. The average molecular weight is 337 g/mol. The predicted octanol–water partition coefficient (Wildman–Crippen LogP) is 1.94. The second-order valence-corrected chi connectivity index (χ2v) is 6.46. The Labute approximate surface area is 116 Å². The van der Waals surface area contributed by atoms with Crippen LogP contribution in [0, 0.1) is 0 Å². The maximum atomic E-state index is 11.8. The Balaban J connectivity index is 2.76. The first-order chi connectivity index (χ1) is 8.48. The van der Waals surface area contributed by atoms with Crippen LogP contribution in [0.25, 0.3) is 0 Å². The minimum atomic E-state index is -3.35. The zero-order valence-corrected chi connectivity index (χ0v) is 12.6. The van der Waals surface area contributed by atoms with Crippen LogP contribution in [0.1, 0.15) is 12.8 Å². The molecule has 5 nitrogen and oxygen atoms in total. The van der Waals surface area contributed by atoms with Crippen molar-refractivity contribution >= 4 is 31.6 Å². The zero-order valence-electron chi connectivity index (χ0n) is 10.1. The van der Waals surface area contributed by atoms with E-state index >= 15 is 0 Å². The summed E-state index contributed by atoms with van der Waals surface area (Å²) in [5.41, 5.74) is 5.81. The van der Waals surface area contributed by atoms with Crippen LogP contribution < -0.4 is 15.2 Å². The number of sulfonamides is 1. The number of unbranched alkanes of at least 4 members (excludes halogenated alkanes) is 1. The van der Waals surface area contributed by atoms with Gasteiger partial charge in [0.2, 0.25) is 10.0 Å². The van der Waals surface area contributed by atoms with E-state index in [1.165, 1.54) is 7.11 Å². The molecule has 1 aromatic carbocycles. The van der Waals surface area contributed by atoms with Crippen LogP contribution in [0.4, 0.5) is 5.69 Å². The van der Waals surface area contributed by atoms with Gasteiger partial charge in [-0.1, -0.05) is 0 Å². The molecule has 0 saturated carbocycles. The molecule has 0 aliphatic carbocycles. The summed E-state index contributed by atoms with van der Waals surface area (Å²) in [6.07, 6.45) is 1.24. The van der Waals surface area contributed by atoms with Gasteiger partial charge in [-0.2, -0.15) is 0 Å². The molecule has 7 heteroatoms. The van der Waals surface area contributed by atoms with Gasteiger partial charge in [0.15, 0.2) is 0 Å². The predicted molar refractivity (Wildman–Crippen MR) is 76.4 cm³/mol. The zero-order chi connectivity index (χ0) is 13.6. The number of hydrogen-bond donors (Lipinski definition) is 2. The van der Waals surface area contributed by atoms with Crippen LogP contribution in [0.15, 0.2) is 22.7 Å². The maximum Gasteiger partial charge on any atom is 0.232 e. The van der Waals surface area contributed by atoms with Gasteiger partial charge in [0.1, 0.15) is 5.75 Å². The number of nitrogens with one attached hydrogen (secondary N) is 1. The summed E-state index contributed by atoms with van der Waals surface area (Å²) >= 11 is 3.29. The highest BCUT2D eigenvalue weighted by Crippen LogP contribution is 2.28. The van der Waals surface area contributed by atoms with Crippen LogP contribution >= 0.6 is 15.9 Å². The summed E-state index contributed by atoms with van der Waals surface area (Å²) in [7, 11) is -1.81. The van der Waals surface area contributed by atoms with E-state index in [0.717, 1.165) is 0 Å². The van der Waals surface area contributed by atoms with Gasteiger partial charge in [-0.25, -0.2) is 8.42 Å². The fourth-order valence-corrected chi connectivity index (χ4v) is 3.03. The molecule has 0 fully saturated rings. The molecule has 0 radical (unpaired) electrons. The minimum absolute atomic E-state index is 0.0633. The lowest BCUT2D eigenvalue weighted by atomic mass is 10.3. The first kappa shape index (κ1) is 15.3. The van der Waals surface area contributed by atoms with Gasteiger partial charge < -0.3 is 10.5 Å². The molecule has 0 saturated heterocycles. The number of ether oxygens (including phenoxy) is 1. The van der Waals surface area contributed by atoms with Crippen LogP contribution in [-0.4, -0.2) is 27.8 Å². The van der Waals surface area contributed by atoms with Crippen LogP contribution in [0.5, 0.6) is 5.75 Å². The number of halogens is 1. The van der Waals surface area contributed by atoms with Gasteiger partial charge >= 0.3 is 0 Å². The Morgan fingerprint density at radius 2 is 2.11 bits per heavy atom. The molecule has 0 aliphatic heterocycles. The maximum absolute atomic E-state index is 11.8.